The minimum atomic E-state index is -0.656. The third-order valence-electron chi connectivity index (χ3n) is 2.97. The van der Waals surface area contributed by atoms with Crippen molar-refractivity contribution in [2.45, 2.75) is 13.1 Å². The van der Waals surface area contributed by atoms with E-state index in [1.54, 1.807) is 33.2 Å². The standard InChI is InChI=1S/C14H18N2O5/c1-4-20-13(17)11-12(16(2)21-14(11)18)15-9-6-5-7-10(8-9)19-3/h5-8,12,15,17H,4H2,1-3H3/b13-11-. The Kier molecular flexibility index (Phi) is 4.54. The van der Waals surface area contributed by atoms with Gasteiger partial charge in [0.05, 0.1) is 13.7 Å². The van der Waals surface area contributed by atoms with Crippen LogP contribution in [-0.2, 0) is 14.4 Å². The molecule has 1 aromatic carbocycles. The molecule has 1 heterocycles. The first kappa shape index (κ1) is 15.0. The van der Waals surface area contributed by atoms with E-state index in [1.807, 2.05) is 12.1 Å². The van der Waals surface area contributed by atoms with Crippen molar-refractivity contribution in [1.82, 2.24) is 5.06 Å². The summed E-state index contributed by atoms with van der Waals surface area (Å²) in [6, 6.07) is 7.20. The number of likely N-dealkylation sites (N-methyl/N-ethyl adjacent to an activating group) is 1. The lowest BCUT2D eigenvalue weighted by molar-refractivity contribution is -0.167. The van der Waals surface area contributed by atoms with Gasteiger partial charge in [-0.05, 0) is 19.1 Å². The van der Waals surface area contributed by atoms with Crippen molar-refractivity contribution in [3.05, 3.63) is 35.8 Å². The monoisotopic (exact) mass is 294 g/mol. The van der Waals surface area contributed by atoms with E-state index in [0.29, 0.717) is 11.4 Å². The van der Waals surface area contributed by atoms with Crippen molar-refractivity contribution < 1.29 is 24.2 Å². The number of benzene rings is 1. The van der Waals surface area contributed by atoms with E-state index in [1.165, 1.54) is 5.06 Å². The summed E-state index contributed by atoms with van der Waals surface area (Å²) >= 11 is 0. The number of hydroxylamine groups is 2. The number of aliphatic hydroxyl groups is 1. The molecule has 7 heteroatoms. The van der Waals surface area contributed by atoms with Gasteiger partial charge in [0.1, 0.15) is 5.75 Å². The largest absolute Gasteiger partial charge is 0.497 e. The summed E-state index contributed by atoms with van der Waals surface area (Å²) in [6.45, 7) is 1.96. The van der Waals surface area contributed by atoms with Gasteiger partial charge in [0.25, 0.3) is 5.95 Å². The Bertz CT molecular complexity index is 558. The lowest BCUT2D eigenvalue weighted by Gasteiger charge is -2.19. The third-order valence-corrected chi connectivity index (χ3v) is 2.97. The molecule has 1 unspecified atom stereocenters. The number of carbonyl (C=O) groups is 1. The molecule has 0 aromatic heterocycles. The van der Waals surface area contributed by atoms with Crippen LogP contribution in [0.3, 0.4) is 0 Å². The van der Waals surface area contributed by atoms with Gasteiger partial charge in [0.15, 0.2) is 11.7 Å². The summed E-state index contributed by atoms with van der Waals surface area (Å²) in [5, 5.41) is 14.3. The second-order valence-corrected chi connectivity index (χ2v) is 4.36. The van der Waals surface area contributed by atoms with E-state index < -0.39 is 18.1 Å². The molecule has 1 saturated heterocycles. The number of ether oxygens (including phenoxy) is 2. The second kappa shape index (κ2) is 6.36. The zero-order valence-corrected chi connectivity index (χ0v) is 12.1. The third kappa shape index (κ3) is 3.19. The van der Waals surface area contributed by atoms with E-state index in [9.17, 15) is 9.90 Å². The van der Waals surface area contributed by atoms with Gasteiger partial charge in [-0.2, -0.15) is 0 Å². The molecule has 1 aromatic rings. The normalized spacial score (nSPS) is 20.9. The van der Waals surface area contributed by atoms with Crippen molar-refractivity contribution in [2.75, 3.05) is 26.1 Å². The van der Waals surface area contributed by atoms with Crippen LogP contribution in [0.1, 0.15) is 6.92 Å². The summed E-state index contributed by atoms with van der Waals surface area (Å²) < 4.78 is 10.1. The van der Waals surface area contributed by atoms with Crippen molar-refractivity contribution in [1.29, 1.82) is 0 Å². The number of rotatable bonds is 5. The van der Waals surface area contributed by atoms with Crippen molar-refractivity contribution in [3.8, 4) is 5.75 Å². The maximum absolute atomic E-state index is 11.8. The van der Waals surface area contributed by atoms with Crippen LogP contribution >= 0.6 is 0 Å². The molecular weight excluding hydrogens is 276 g/mol. The second-order valence-electron chi connectivity index (χ2n) is 4.36. The van der Waals surface area contributed by atoms with E-state index in [0.717, 1.165) is 0 Å². The number of methoxy groups -OCH3 is 1. The number of hydrogen-bond acceptors (Lipinski definition) is 7. The molecule has 0 bridgehead atoms. The summed E-state index contributed by atoms with van der Waals surface area (Å²) in [4.78, 5) is 16.8. The first-order chi connectivity index (χ1) is 10.1. The Labute approximate surface area is 122 Å². The highest BCUT2D eigenvalue weighted by atomic mass is 16.7. The summed E-state index contributed by atoms with van der Waals surface area (Å²) in [6.07, 6.45) is -0.656. The molecule has 0 aliphatic carbocycles. The highest BCUT2D eigenvalue weighted by Gasteiger charge is 2.40. The average molecular weight is 294 g/mol. The molecule has 0 saturated carbocycles. The van der Waals surface area contributed by atoms with Crippen LogP contribution in [0.4, 0.5) is 5.69 Å². The SMILES string of the molecule is CCO/C(O)=C1\C(=O)ON(C)C1Nc1cccc(OC)c1. The van der Waals surface area contributed by atoms with Crippen molar-refractivity contribution in [2.24, 2.45) is 0 Å². The number of aliphatic hydroxyl groups excluding tert-OH is 1. The number of anilines is 1. The summed E-state index contributed by atoms with van der Waals surface area (Å²) in [5.41, 5.74) is 0.744. The number of nitrogens with one attached hydrogen (secondary N) is 1. The van der Waals surface area contributed by atoms with E-state index >= 15 is 0 Å². The molecule has 21 heavy (non-hydrogen) atoms. The Morgan fingerprint density at radius 2 is 2.29 bits per heavy atom. The van der Waals surface area contributed by atoms with E-state index in [2.05, 4.69) is 5.32 Å². The van der Waals surface area contributed by atoms with Crippen LogP contribution < -0.4 is 10.1 Å². The van der Waals surface area contributed by atoms with Crippen LogP contribution in [0.2, 0.25) is 0 Å². The summed E-state index contributed by atoms with van der Waals surface area (Å²) in [7, 11) is 3.15. The van der Waals surface area contributed by atoms with Gasteiger partial charge >= 0.3 is 5.97 Å². The molecule has 114 valence electrons. The minimum absolute atomic E-state index is 0.0298. The Balaban J connectivity index is 2.27. The van der Waals surface area contributed by atoms with Crippen molar-refractivity contribution >= 4 is 11.7 Å². The Morgan fingerprint density at radius 1 is 1.52 bits per heavy atom. The van der Waals surface area contributed by atoms with E-state index in [-0.39, 0.29) is 12.2 Å². The predicted octanol–water partition coefficient (Wildman–Crippen LogP) is 1.64. The maximum atomic E-state index is 11.8. The fourth-order valence-corrected chi connectivity index (χ4v) is 1.98. The van der Waals surface area contributed by atoms with Crippen LogP contribution in [-0.4, -0.2) is 43.1 Å². The van der Waals surface area contributed by atoms with E-state index in [4.69, 9.17) is 14.3 Å². The zero-order valence-electron chi connectivity index (χ0n) is 12.1. The van der Waals surface area contributed by atoms with Crippen LogP contribution in [0.15, 0.2) is 35.8 Å². The zero-order chi connectivity index (χ0) is 15.4. The number of hydrogen-bond donors (Lipinski definition) is 2. The quantitative estimate of drug-likeness (QED) is 0.631. The number of carbonyl (C=O) groups excluding carboxylic acids is 1. The fourth-order valence-electron chi connectivity index (χ4n) is 1.98. The number of nitrogens with zero attached hydrogens (tertiary/aromatic N) is 1. The fraction of sp³-hybridized carbons (Fsp3) is 0.357. The highest BCUT2D eigenvalue weighted by molar-refractivity contribution is 5.92. The van der Waals surface area contributed by atoms with Gasteiger partial charge < -0.3 is 24.7 Å². The molecule has 0 amide bonds. The molecule has 1 fully saturated rings. The molecule has 1 aliphatic rings. The molecule has 0 spiro atoms. The first-order valence-electron chi connectivity index (χ1n) is 6.48. The minimum Gasteiger partial charge on any atom is -0.497 e. The lowest BCUT2D eigenvalue weighted by atomic mass is 10.2. The van der Waals surface area contributed by atoms with Crippen molar-refractivity contribution in [3.63, 3.8) is 0 Å². The smallest absolute Gasteiger partial charge is 0.363 e. The molecule has 1 aliphatic heterocycles. The highest BCUT2D eigenvalue weighted by Crippen LogP contribution is 2.26. The molecule has 7 nitrogen and oxygen atoms in total. The van der Waals surface area contributed by atoms with Crippen LogP contribution in [0.25, 0.3) is 0 Å². The molecule has 0 radical (unpaired) electrons. The lowest BCUT2D eigenvalue weighted by Crippen LogP contribution is -2.33. The first-order valence-corrected chi connectivity index (χ1v) is 6.48. The van der Waals surface area contributed by atoms with Crippen LogP contribution in [0.5, 0.6) is 5.75 Å². The van der Waals surface area contributed by atoms with Gasteiger partial charge in [0.2, 0.25) is 0 Å². The average Bonchev–Trinajstić information content (AvgIpc) is 2.74. The van der Waals surface area contributed by atoms with Gasteiger partial charge in [-0.15, -0.1) is 5.06 Å². The van der Waals surface area contributed by atoms with Gasteiger partial charge in [-0.3, -0.25) is 0 Å². The van der Waals surface area contributed by atoms with Gasteiger partial charge in [0, 0.05) is 18.8 Å². The molecule has 1 atom stereocenters. The molecule has 2 N–H and O–H groups in total. The predicted molar refractivity (Wildman–Crippen MR) is 75.5 cm³/mol. The Morgan fingerprint density at radius 3 is 2.95 bits per heavy atom. The summed E-state index contributed by atoms with van der Waals surface area (Å²) in [5.74, 6) is -0.413. The topological polar surface area (TPSA) is 80.3 Å². The van der Waals surface area contributed by atoms with Crippen LogP contribution in [0, 0.1) is 0 Å². The Hall–Kier alpha value is -2.41. The van der Waals surface area contributed by atoms with Gasteiger partial charge in [-0.25, -0.2) is 4.79 Å². The maximum Gasteiger partial charge on any atom is 0.363 e. The molecule has 2 rings (SSSR count). The van der Waals surface area contributed by atoms with Gasteiger partial charge in [-0.1, -0.05) is 6.07 Å². The molecular formula is C14H18N2O5.